The Labute approximate surface area is 74.3 Å². The summed E-state index contributed by atoms with van der Waals surface area (Å²) in [6, 6.07) is -0.569. The first-order chi connectivity index (χ1) is 3.18. The summed E-state index contributed by atoms with van der Waals surface area (Å²) in [7, 11) is 3.19. The molecular formula is C4H8N2OY-2. The molecule has 3 nitrogen and oxygen atoms in total. The van der Waals surface area contributed by atoms with Gasteiger partial charge in [0.15, 0.2) is 0 Å². The molecule has 0 saturated carbocycles. The SMILES string of the molecule is [CH2-]NC([CH2-])C(N)=O.[Y]. The van der Waals surface area contributed by atoms with Crippen LogP contribution in [0.5, 0.6) is 0 Å². The van der Waals surface area contributed by atoms with E-state index in [1.165, 1.54) is 0 Å². The molecule has 8 heavy (non-hydrogen) atoms. The molecule has 0 fully saturated rings. The second-order valence-electron chi connectivity index (χ2n) is 1.16. The molecule has 1 atom stereocenters. The van der Waals surface area contributed by atoms with Gasteiger partial charge in [-0.2, -0.15) is 0 Å². The summed E-state index contributed by atoms with van der Waals surface area (Å²) >= 11 is 0. The maximum Gasteiger partial charge on any atom is 0.200 e. The fourth-order valence-corrected chi connectivity index (χ4v) is 0.101. The minimum absolute atomic E-state index is 0. The number of primary amides is 1. The molecule has 0 aliphatic rings. The second-order valence-corrected chi connectivity index (χ2v) is 1.16. The van der Waals surface area contributed by atoms with E-state index in [1.54, 1.807) is 0 Å². The van der Waals surface area contributed by atoms with Gasteiger partial charge >= 0.3 is 0 Å². The van der Waals surface area contributed by atoms with Crippen molar-refractivity contribution in [3.63, 3.8) is 0 Å². The molecular weight excluding hydrogens is 181 g/mol. The Morgan fingerprint density at radius 1 is 1.75 bits per heavy atom. The van der Waals surface area contributed by atoms with Gasteiger partial charge in [-0.05, 0) is 0 Å². The topological polar surface area (TPSA) is 55.1 Å². The Kier molecular flexibility index (Phi) is 8.04. The van der Waals surface area contributed by atoms with E-state index in [0.29, 0.717) is 0 Å². The molecule has 0 bridgehead atoms. The zero-order valence-electron chi connectivity index (χ0n) is 4.55. The second kappa shape index (κ2) is 5.67. The first kappa shape index (κ1) is 11.3. The number of rotatable bonds is 2. The van der Waals surface area contributed by atoms with Gasteiger partial charge in [0.2, 0.25) is 5.91 Å². The molecule has 45 valence electrons. The van der Waals surface area contributed by atoms with E-state index in [9.17, 15) is 4.79 Å². The van der Waals surface area contributed by atoms with Crippen LogP contribution < -0.4 is 11.1 Å². The van der Waals surface area contributed by atoms with Crippen LogP contribution in [0.1, 0.15) is 0 Å². The molecule has 4 heteroatoms. The molecule has 0 spiro atoms. The van der Waals surface area contributed by atoms with Crippen LogP contribution in [0.3, 0.4) is 0 Å². The van der Waals surface area contributed by atoms with Crippen molar-refractivity contribution in [3.8, 4) is 0 Å². The van der Waals surface area contributed by atoms with Crippen molar-refractivity contribution in [1.82, 2.24) is 5.32 Å². The van der Waals surface area contributed by atoms with Crippen molar-refractivity contribution < 1.29 is 37.5 Å². The van der Waals surface area contributed by atoms with Crippen LogP contribution in [0.2, 0.25) is 0 Å². The molecule has 0 aromatic carbocycles. The number of nitrogens with two attached hydrogens (primary N) is 1. The van der Waals surface area contributed by atoms with Crippen LogP contribution in [0.25, 0.3) is 0 Å². The van der Waals surface area contributed by atoms with Gasteiger partial charge in [-0.1, -0.05) is 6.04 Å². The van der Waals surface area contributed by atoms with Crippen LogP contribution >= 0.6 is 0 Å². The summed E-state index contributed by atoms with van der Waals surface area (Å²) in [4.78, 5) is 9.99. The van der Waals surface area contributed by atoms with Crippen LogP contribution in [0.4, 0.5) is 0 Å². The summed E-state index contributed by atoms with van der Waals surface area (Å²) in [6.45, 7) is 3.31. The van der Waals surface area contributed by atoms with Crippen molar-refractivity contribution in [3.05, 3.63) is 14.0 Å². The molecule has 0 saturated heterocycles. The van der Waals surface area contributed by atoms with E-state index < -0.39 is 11.9 Å². The Morgan fingerprint density at radius 2 is 2.12 bits per heavy atom. The fourth-order valence-electron chi connectivity index (χ4n) is 0.101. The standard InChI is InChI=1S/C4H8N2O.Y/c1-3(6-2)4(5)7;/h3,6H,1-2H2,(H2,5,7);/q-2;. The van der Waals surface area contributed by atoms with Gasteiger partial charge in [0.05, 0.1) is 0 Å². The molecule has 0 rings (SSSR count). The van der Waals surface area contributed by atoms with Gasteiger partial charge in [-0.25, -0.2) is 0 Å². The van der Waals surface area contributed by atoms with Gasteiger partial charge in [-0.3, -0.25) is 11.8 Å². The Morgan fingerprint density at radius 3 is 2.12 bits per heavy atom. The van der Waals surface area contributed by atoms with Crippen LogP contribution in [-0.2, 0) is 37.5 Å². The molecule has 0 aliphatic heterocycles. The summed E-state index contributed by atoms with van der Waals surface area (Å²) in [6.07, 6.45) is 0. The Bertz CT molecular complexity index is 76.4. The predicted octanol–water partition coefficient (Wildman–Crippen LogP) is -0.947. The number of amides is 1. The summed E-state index contributed by atoms with van der Waals surface area (Å²) in [5.41, 5.74) is 4.74. The van der Waals surface area contributed by atoms with Crippen molar-refractivity contribution in [2.24, 2.45) is 5.73 Å². The predicted molar refractivity (Wildman–Crippen MR) is 26.8 cm³/mol. The molecule has 1 radical (unpaired) electrons. The Balaban J connectivity index is 0. The molecule has 0 heterocycles. The van der Waals surface area contributed by atoms with Gasteiger partial charge in [0, 0.05) is 32.7 Å². The molecule has 3 N–H and O–H groups in total. The smallest absolute Gasteiger partial charge is 0.200 e. The number of nitrogens with one attached hydrogen (secondary N) is 1. The zero-order valence-corrected chi connectivity index (χ0v) is 7.39. The first-order valence-electron chi connectivity index (χ1n) is 1.83. The first-order valence-corrected chi connectivity index (χ1v) is 1.83. The van der Waals surface area contributed by atoms with Crippen LogP contribution in [-0.4, -0.2) is 11.9 Å². The van der Waals surface area contributed by atoms with E-state index in [0.717, 1.165) is 0 Å². The molecule has 0 aromatic rings. The van der Waals surface area contributed by atoms with Crippen molar-refractivity contribution in [2.45, 2.75) is 6.04 Å². The quantitative estimate of drug-likeness (QED) is 0.550. The van der Waals surface area contributed by atoms with E-state index in [-0.39, 0.29) is 32.7 Å². The normalized spacial score (nSPS) is 11.8. The third-order valence-corrected chi connectivity index (χ3v) is 0.590. The largest absolute Gasteiger partial charge is 0.488 e. The van der Waals surface area contributed by atoms with Crippen molar-refractivity contribution in [2.75, 3.05) is 0 Å². The van der Waals surface area contributed by atoms with E-state index in [1.807, 2.05) is 0 Å². The third-order valence-electron chi connectivity index (χ3n) is 0.590. The van der Waals surface area contributed by atoms with E-state index in [2.05, 4.69) is 19.3 Å². The summed E-state index contributed by atoms with van der Waals surface area (Å²) in [5, 5.41) is 2.33. The molecule has 1 amide bonds. The van der Waals surface area contributed by atoms with Gasteiger partial charge in [-0.15, -0.1) is 0 Å². The minimum Gasteiger partial charge on any atom is -0.488 e. The average Bonchev–Trinajstić information content (AvgIpc) is 1.65. The summed E-state index contributed by atoms with van der Waals surface area (Å²) in [5.74, 6) is -0.491. The van der Waals surface area contributed by atoms with Crippen LogP contribution in [0.15, 0.2) is 0 Å². The molecule has 1 unspecified atom stereocenters. The number of hydrogen-bond donors (Lipinski definition) is 2. The van der Waals surface area contributed by atoms with Crippen molar-refractivity contribution in [1.29, 1.82) is 0 Å². The minimum atomic E-state index is -0.569. The average molecular weight is 189 g/mol. The van der Waals surface area contributed by atoms with Gasteiger partial charge < -0.3 is 18.0 Å². The maximum atomic E-state index is 9.99. The fraction of sp³-hybridized carbons (Fsp3) is 0.250. The molecule has 0 aliphatic carbocycles. The Hall–Kier alpha value is 0.534. The van der Waals surface area contributed by atoms with Gasteiger partial charge in [0.25, 0.3) is 0 Å². The monoisotopic (exact) mass is 189 g/mol. The summed E-state index contributed by atoms with van der Waals surface area (Å²) < 4.78 is 0. The molecule has 0 aromatic heterocycles. The number of hydrogen-bond acceptors (Lipinski definition) is 2. The number of carbonyl (C=O) groups excluding carboxylic acids is 1. The third kappa shape index (κ3) is 4.69. The number of carbonyl (C=O) groups is 1. The van der Waals surface area contributed by atoms with E-state index in [4.69, 9.17) is 5.73 Å². The zero-order chi connectivity index (χ0) is 5.86. The van der Waals surface area contributed by atoms with Crippen molar-refractivity contribution >= 4 is 5.91 Å². The van der Waals surface area contributed by atoms with Gasteiger partial charge in [0.1, 0.15) is 0 Å². The van der Waals surface area contributed by atoms with E-state index >= 15 is 0 Å². The van der Waals surface area contributed by atoms with Crippen LogP contribution in [0, 0.1) is 14.0 Å². The maximum absolute atomic E-state index is 9.99.